The minimum atomic E-state index is -0.113. The summed E-state index contributed by atoms with van der Waals surface area (Å²) in [4.78, 5) is 16.4. The number of nitrogen functional groups attached to an aromatic ring is 1. The fourth-order valence-electron chi connectivity index (χ4n) is 2.46. The smallest absolute Gasteiger partial charge is 0.252 e. The molecule has 0 saturated carbocycles. The second-order valence-electron chi connectivity index (χ2n) is 5.37. The molecule has 0 radical (unpaired) electrons. The van der Waals surface area contributed by atoms with Crippen LogP contribution in [0.3, 0.4) is 0 Å². The van der Waals surface area contributed by atoms with Gasteiger partial charge in [-0.25, -0.2) is 4.98 Å². The van der Waals surface area contributed by atoms with Crippen LogP contribution in [0.1, 0.15) is 24.6 Å². The third-order valence-corrected chi connectivity index (χ3v) is 3.67. The molecule has 0 fully saturated rings. The summed E-state index contributed by atoms with van der Waals surface area (Å²) in [6.45, 7) is 3.77. The molecule has 4 N–H and O–H groups in total. The van der Waals surface area contributed by atoms with Crippen LogP contribution in [-0.4, -0.2) is 19.7 Å². The number of H-pyrrole nitrogens is 1. The summed E-state index contributed by atoms with van der Waals surface area (Å²) in [6.07, 6.45) is 0. The number of pyridine rings is 1. The third-order valence-electron chi connectivity index (χ3n) is 3.67. The first kappa shape index (κ1) is 14.1. The van der Waals surface area contributed by atoms with Crippen molar-refractivity contribution >= 4 is 22.3 Å². The number of aryl methyl sites for hydroxylation is 2. The summed E-state index contributed by atoms with van der Waals surface area (Å²) in [5.74, 6) is 1.40. The Morgan fingerprint density at radius 2 is 2.14 bits per heavy atom. The number of rotatable bonds is 3. The molecule has 0 amide bonds. The van der Waals surface area contributed by atoms with Crippen molar-refractivity contribution in [2.75, 3.05) is 11.1 Å². The lowest BCUT2D eigenvalue weighted by atomic mass is 10.1. The molecule has 7 nitrogen and oxygen atoms in total. The molecule has 0 aliphatic heterocycles. The molecular weight excluding hydrogens is 280 g/mol. The van der Waals surface area contributed by atoms with Crippen LogP contribution in [0.15, 0.2) is 29.1 Å². The van der Waals surface area contributed by atoms with Gasteiger partial charge in [-0.1, -0.05) is 0 Å². The van der Waals surface area contributed by atoms with Gasteiger partial charge in [0.1, 0.15) is 11.6 Å². The van der Waals surface area contributed by atoms with Gasteiger partial charge in [0, 0.05) is 29.9 Å². The van der Waals surface area contributed by atoms with Crippen LogP contribution in [0.2, 0.25) is 0 Å². The molecule has 114 valence electrons. The van der Waals surface area contributed by atoms with Gasteiger partial charge in [-0.05, 0) is 32.0 Å². The van der Waals surface area contributed by atoms with Crippen molar-refractivity contribution in [2.45, 2.75) is 19.9 Å². The first-order chi connectivity index (χ1) is 10.5. The predicted octanol–water partition coefficient (Wildman–Crippen LogP) is 1.72. The van der Waals surface area contributed by atoms with Crippen molar-refractivity contribution in [1.29, 1.82) is 0 Å². The number of nitrogens with one attached hydrogen (secondary N) is 2. The Labute approximate surface area is 127 Å². The van der Waals surface area contributed by atoms with Gasteiger partial charge in [0.2, 0.25) is 0 Å². The van der Waals surface area contributed by atoms with E-state index in [2.05, 4.69) is 20.5 Å². The molecule has 2 aromatic heterocycles. The zero-order valence-electron chi connectivity index (χ0n) is 12.7. The SMILES string of the molecule is Cc1n[nH]c(C(C)Nc2cc(=O)n(C)c3ccc(N)cc23)n1. The number of aromatic amines is 1. The van der Waals surface area contributed by atoms with E-state index in [1.54, 1.807) is 23.7 Å². The van der Waals surface area contributed by atoms with E-state index in [-0.39, 0.29) is 11.6 Å². The van der Waals surface area contributed by atoms with Gasteiger partial charge in [0.15, 0.2) is 0 Å². The van der Waals surface area contributed by atoms with Crippen molar-refractivity contribution in [3.63, 3.8) is 0 Å². The summed E-state index contributed by atoms with van der Waals surface area (Å²) in [6, 6.07) is 6.95. The molecule has 0 bridgehead atoms. The molecule has 1 unspecified atom stereocenters. The number of fused-ring (bicyclic) bond motifs is 1. The topological polar surface area (TPSA) is 102 Å². The molecule has 7 heteroatoms. The quantitative estimate of drug-likeness (QED) is 0.639. The molecule has 1 atom stereocenters. The van der Waals surface area contributed by atoms with Crippen LogP contribution in [0.4, 0.5) is 11.4 Å². The lowest BCUT2D eigenvalue weighted by Crippen LogP contribution is -2.18. The van der Waals surface area contributed by atoms with Crippen molar-refractivity contribution in [1.82, 2.24) is 19.7 Å². The molecule has 0 aliphatic carbocycles. The van der Waals surface area contributed by atoms with Crippen LogP contribution >= 0.6 is 0 Å². The van der Waals surface area contributed by atoms with E-state index in [0.29, 0.717) is 11.5 Å². The van der Waals surface area contributed by atoms with Crippen LogP contribution in [0.5, 0.6) is 0 Å². The van der Waals surface area contributed by atoms with Crippen LogP contribution in [0.25, 0.3) is 10.9 Å². The summed E-state index contributed by atoms with van der Waals surface area (Å²) >= 11 is 0. The highest BCUT2D eigenvalue weighted by molar-refractivity contribution is 5.93. The average molecular weight is 298 g/mol. The zero-order chi connectivity index (χ0) is 15.9. The van der Waals surface area contributed by atoms with Gasteiger partial charge in [-0.3, -0.25) is 9.89 Å². The summed E-state index contributed by atoms with van der Waals surface area (Å²) in [7, 11) is 1.74. The van der Waals surface area contributed by atoms with Gasteiger partial charge < -0.3 is 15.6 Å². The first-order valence-corrected chi connectivity index (χ1v) is 7.00. The van der Waals surface area contributed by atoms with Crippen LogP contribution in [-0.2, 0) is 7.05 Å². The summed E-state index contributed by atoms with van der Waals surface area (Å²) in [5, 5.41) is 11.1. The standard InChI is InChI=1S/C15H18N6O/c1-8(15-18-9(2)19-20-15)17-12-7-14(22)21(3)13-5-4-10(16)6-11(12)13/h4-8,17H,16H2,1-3H3,(H,18,19,20). The van der Waals surface area contributed by atoms with E-state index in [9.17, 15) is 4.79 Å². The minimum Gasteiger partial charge on any atom is -0.399 e. The van der Waals surface area contributed by atoms with Crippen LogP contribution < -0.4 is 16.6 Å². The van der Waals surface area contributed by atoms with Gasteiger partial charge in [0.05, 0.1) is 11.6 Å². The maximum absolute atomic E-state index is 12.1. The second kappa shape index (κ2) is 5.18. The summed E-state index contributed by atoms with van der Waals surface area (Å²) in [5.41, 5.74) is 8.00. The summed E-state index contributed by atoms with van der Waals surface area (Å²) < 4.78 is 1.60. The molecular formula is C15H18N6O. The number of hydrogen-bond donors (Lipinski definition) is 3. The van der Waals surface area contributed by atoms with E-state index in [1.807, 2.05) is 26.0 Å². The number of aromatic nitrogens is 4. The Hall–Kier alpha value is -2.83. The lowest BCUT2D eigenvalue weighted by molar-refractivity contribution is 0.795. The molecule has 0 saturated heterocycles. The highest BCUT2D eigenvalue weighted by atomic mass is 16.1. The number of benzene rings is 1. The fourth-order valence-corrected chi connectivity index (χ4v) is 2.46. The number of nitrogens with two attached hydrogens (primary N) is 1. The van der Waals surface area contributed by atoms with E-state index < -0.39 is 0 Å². The molecule has 3 aromatic rings. The van der Waals surface area contributed by atoms with Gasteiger partial charge in [-0.15, -0.1) is 0 Å². The Kier molecular flexibility index (Phi) is 3.32. The maximum atomic E-state index is 12.1. The predicted molar refractivity (Wildman–Crippen MR) is 86.8 cm³/mol. The zero-order valence-corrected chi connectivity index (χ0v) is 12.7. The van der Waals surface area contributed by atoms with Gasteiger partial charge >= 0.3 is 0 Å². The normalized spacial score (nSPS) is 12.5. The highest BCUT2D eigenvalue weighted by Crippen LogP contribution is 2.26. The van der Waals surface area contributed by atoms with E-state index >= 15 is 0 Å². The molecule has 0 spiro atoms. The van der Waals surface area contributed by atoms with E-state index in [0.717, 1.165) is 22.4 Å². The maximum Gasteiger partial charge on any atom is 0.252 e. The lowest BCUT2D eigenvalue weighted by Gasteiger charge is -2.16. The fraction of sp³-hybridized carbons (Fsp3) is 0.267. The van der Waals surface area contributed by atoms with Crippen molar-refractivity contribution in [3.05, 3.63) is 46.3 Å². The Bertz CT molecular complexity index is 895. The van der Waals surface area contributed by atoms with Crippen LogP contribution in [0, 0.1) is 6.92 Å². The van der Waals surface area contributed by atoms with Gasteiger partial charge in [-0.2, -0.15) is 5.10 Å². The Morgan fingerprint density at radius 1 is 1.36 bits per heavy atom. The van der Waals surface area contributed by atoms with Crippen molar-refractivity contribution in [3.8, 4) is 0 Å². The Morgan fingerprint density at radius 3 is 2.82 bits per heavy atom. The Balaban J connectivity index is 2.08. The van der Waals surface area contributed by atoms with Crippen molar-refractivity contribution in [2.24, 2.45) is 7.05 Å². The number of nitrogens with zero attached hydrogens (tertiary/aromatic N) is 3. The molecule has 1 aromatic carbocycles. The monoisotopic (exact) mass is 298 g/mol. The molecule has 0 aliphatic rings. The van der Waals surface area contributed by atoms with E-state index in [4.69, 9.17) is 5.73 Å². The molecule has 22 heavy (non-hydrogen) atoms. The largest absolute Gasteiger partial charge is 0.399 e. The average Bonchev–Trinajstić information content (AvgIpc) is 2.91. The van der Waals surface area contributed by atoms with Crippen molar-refractivity contribution < 1.29 is 0 Å². The first-order valence-electron chi connectivity index (χ1n) is 7.00. The number of hydrogen-bond acceptors (Lipinski definition) is 5. The second-order valence-corrected chi connectivity index (χ2v) is 5.37. The van der Waals surface area contributed by atoms with Gasteiger partial charge in [0.25, 0.3) is 5.56 Å². The highest BCUT2D eigenvalue weighted by Gasteiger charge is 2.13. The van der Waals surface area contributed by atoms with E-state index in [1.165, 1.54) is 0 Å². The minimum absolute atomic E-state index is 0.0827. The number of anilines is 2. The third kappa shape index (κ3) is 2.41. The molecule has 2 heterocycles. The molecule has 3 rings (SSSR count).